The predicted octanol–water partition coefficient (Wildman–Crippen LogP) is 6.20. The van der Waals surface area contributed by atoms with Gasteiger partial charge < -0.3 is 14.7 Å². The molecule has 0 bridgehead atoms. The number of carbonyl (C=O) groups excluding carboxylic acids is 1. The SMILES string of the molecule is O=C(CCc1c(-c2ccc(F)cc2)[nH]c2c(F)cc(F)cc12)NC(c1ccco1)C(F)(F)F. The van der Waals surface area contributed by atoms with Crippen LogP contribution in [0.15, 0.2) is 59.2 Å². The third kappa shape index (κ3) is 4.74. The first-order valence-corrected chi connectivity index (χ1v) is 9.78. The Hall–Kier alpha value is -3.69. The second-order valence-corrected chi connectivity index (χ2v) is 7.35. The number of fused-ring (bicyclic) bond motifs is 1. The molecule has 0 aliphatic rings. The average Bonchev–Trinajstić information content (AvgIpc) is 3.38. The van der Waals surface area contributed by atoms with Crippen molar-refractivity contribution in [3.8, 4) is 11.3 Å². The molecule has 33 heavy (non-hydrogen) atoms. The molecule has 2 N–H and O–H groups in total. The maximum atomic E-state index is 14.3. The summed E-state index contributed by atoms with van der Waals surface area (Å²) in [4.78, 5) is 15.2. The van der Waals surface area contributed by atoms with Crippen molar-refractivity contribution >= 4 is 16.8 Å². The van der Waals surface area contributed by atoms with Gasteiger partial charge in [0.05, 0.1) is 11.8 Å². The molecule has 0 spiro atoms. The molecule has 1 unspecified atom stereocenters. The number of rotatable bonds is 6. The van der Waals surface area contributed by atoms with Gasteiger partial charge in [-0.25, -0.2) is 13.2 Å². The molecular weight excluding hydrogens is 450 g/mol. The standard InChI is InChI=1S/C23H16F6N2O2/c24-13-5-3-12(4-6-13)20-15(16-10-14(25)11-17(26)21(16)31-20)7-8-19(32)30-22(23(27,28)29)18-2-1-9-33-18/h1-6,9-11,22,31H,7-8H2,(H,30,32). The number of furan rings is 1. The Kier molecular flexibility index (Phi) is 5.92. The van der Waals surface area contributed by atoms with E-state index in [2.05, 4.69) is 4.98 Å². The first-order chi connectivity index (χ1) is 15.6. The molecule has 0 fully saturated rings. The highest BCUT2D eigenvalue weighted by molar-refractivity contribution is 5.92. The molecule has 0 aliphatic heterocycles. The number of carbonyl (C=O) groups is 1. The van der Waals surface area contributed by atoms with Crippen molar-refractivity contribution in [3.63, 3.8) is 0 Å². The highest BCUT2D eigenvalue weighted by atomic mass is 19.4. The van der Waals surface area contributed by atoms with Crippen molar-refractivity contribution in [1.82, 2.24) is 10.3 Å². The fraction of sp³-hybridized carbons (Fsp3) is 0.174. The van der Waals surface area contributed by atoms with E-state index >= 15 is 0 Å². The smallest absolute Gasteiger partial charge is 0.415 e. The van der Waals surface area contributed by atoms with Crippen LogP contribution in [0.3, 0.4) is 0 Å². The summed E-state index contributed by atoms with van der Waals surface area (Å²) in [6.07, 6.45) is -4.28. The van der Waals surface area contributed by atoms with E-state index in [0.29, 0.717) is 22.9 Å². The number of amides is 1. The molecule has 0 radical (unpaired) electrons. The van der Waals surface area contributed by atoms with E-state index in [1.54, 1.807) is 0 Å². The summed E-state index contributed by atoms with van der Waals surface area (Å²) in [7, 11) is 0. The van der Waals surface area contributed by atoms with Gasteiger partial charge in [-0.05, 0) is 60.0 Å². The first-order valence-electron chi connectivity index (χ1n) is 9.78. The van der Waals surface area contributed by atoms with Crippen LogP contribution in [0.5, 0.6) is 0 Å². The van der Waals surface area contributed by atoms with Gasteiger partial charge in [0.15, 0.2) is 6.04 Å². The van der Waals surface area contributed by atoms with Gasteiger partial charge in [0.25, 0.3) is 0 Å². The van der Waals surface area contributed by atoms with E-state index < -0.39 is 47.8 Å². The summed E-state index contributed by atoms with van der Waals surface area (Å²) in [6, 6.07) is 6.94. The number of aryl methyl sites for hydroxylation is 1. The Morgan fingerprint density at radius 1 is 1.03 bits per heavy atom. The largest absolute Gasteiger partial charge is 0.467 e. The average molecular weight is 466 g/mol. The zero-order chi connectivity index (χ0) is 23.8. The molecule has 2 aromatic heterocycles. The van der Waals surface area contributed by atoms with Crippen LogP contribution in [0.4, 0.5) is 26.3 Å². The molecule has 2 heterocycles. The monoisotopic (exact) mass is 466 g/mol. The molecular formula is C23H16F6N2O2. The van der Waals surface area contributed by atoms with Crippen LogP contribution >= 0.6 is 0 Å². The summed E-state index contributed by atoms with van der Waals surface area (Å²) >= 11 is 0. The Morgan fingerprint density at radius 2 is 1.76 bits per heavy atom. The van der Waals surface area contributed by atoms with Crippen molar-refractivity contribution in [3.05, 3.63) is 83.6 Å². The molecule has 4 aromatic rings. The molecule has 0 saturated heterocycles. The predicted molar refractivity (Wildman–Crippen MR) is 108 cm³/mol. The zero-order valence-electron chi connectivity index (χ0n) is 16.8. The second-order valence-electron chi connectivity index (χ2n) is 7.35. The summed E-state index contributed by atoms with van der Waals surface area (Å²) in [5, 5.41) is 2.03. The van der Waals surface area contributed by atoms with Crippen LogP contribution in [0.1, 0.15) is 23.8 Å². The minimum Gasteiger partial charge on any atom is -0.467 e. The molecule has 1 atom stereocenters. The van der Waals surface area contributed by atoms with E-state index in [1.807, 2.05) is 5.32 Å². The topological polar surface area (TPSA) is 58.0 Å². The van der Waals surface area contributed by atoms with E-state index in [0.717, 1.165) is 18.4 Å². The van der Waals surface area contributed by atoms with Crippen molar-refractivity contribution in [1.29, 1.82) is 0 Å². The number of aromatic amines is 1. The van der Waals surface area contributed by atoms with Crippen LogP contribution < -0.4 is 5.32 Å². The number of halogens is 6. The van der Waals surface area contributed by atoms with Gasteiger partial charge >= 0.3 is 6.18 Å². The lowest BCUT2D eigenvalue weighted by atomic mass is 10.0. The molecule has 1 amide bonds. The van der Waals surface area contributed by atoms with Crippen molar-refractivity contribution in [2.24, 2.45) is 0 Å². The van der Waals surface area contributed by atoms with Crippen LogP contribution in [0.25, 0.3) is 22.2 Å². The maximum Gasteiger partial charge on any atom is 0.415 e. The number of hydrogen-bond donors (Lipinski definition) is 2. The van der Waals surface area contributed by atoms with Gasteiger partial charge in [0.1, 0.15) is 23.2 Å². The fourth-order valence-electron chi connectivity index (χ4n) is 3.64. The van der Waals surface area contributed by atoms with Gasteiger partial charge in [-0.2, -0.15) is 13.2 Å². The molecule has 10 heteroatoms. The second kappa shape index (κ2) is 8.68. The van der Waals surface area contributed by atoms with Crippen LogP contribution in [0.2, 0.25) is 0 Å². The first kappa shape index (κ1) is 22.5. The Labute approximate surface area is 183 Å². The molecule has 0 aliphatic carbocycles. The van der Waals surface area contributed by atoms with Gasteiger partial charge in [0, 0.05) is 23.6 Å². The number of H-pyrrole nitrogens is 1. The van der Waals surface area contributed by atoms with Crippen LogP contribution in [-0.4, -0.2) is 17.1 Å². The summed E-state index contributed by atoms with van der Waals surface area (Å²) in [6.45, 7) is 0. The molecule has 2 aromatic carbocycles. The number of hydrogen-bond acceptors (Lipinski definition) is 2. The lowest BCUT2D eigenvalue weighted by Crippen LogP contribution is -2.38. The summed E-state index contributed by atoms with van der Waals surface area (Å²) in [5.74, 6) is -3.66. The lowest BCUT2D eigenvalue weighted by Gasteiger charge is -2.19. The summed E-state index contributed by atoms with van der Waals surface area (Å²) < 4.78 is 86.5. The van der Waals surface area contributed by atoms with E-state index in [9.17, 15) is 31.1 Å². The van der Waals surface area contributed by atoms with E-state index in [-0.39, 0.29) is 17.3 Å². The van der Waals surface area contributed by atoms with Crippen LogP contribution in [-0.2, 0) is 11.2 Å². The number of alkyl halides is 3. The van der Waals surface area contributed by atoms with Crippen LogP contribution in [0, 0.1) is 17.5 Å². The van der Waals surface area contributed by atoms with E-state index in [4.69, 9.17) is 4.42 Å². The van der Waals surface area contributed by atoms with Gasteiger partial charge in [-0.15, -0.1) is 0 Å². The van der Waals surface area contributed by atoms with Crippen molar-refractivity contribution in [2.75, 3.05) is 0 Å². The number of nitrogens with one attached hydrogen (secondary N) is 2. The highest BCUT2D eigenvalue weighted by Crippen LogP contribution is 2.35. The zero-order valence-corrected chi connectivity index (χ0v) is 16.8. The molecule has 172 valence electrons. The fourth-order valence-corrected chi connectivity index (χ4v) is 3.64. The maximum absolute atomic E-state index is 14.3. The lowest BCUT2D eigenvalue weighted by molar-refractivity contribution is -0.166. The minimum absolute atomic E-state index is 0.0325. The van der Waals surface area contributed by atoms with Crippen molar-refractivity contribution < 1.29 is 35.6 Å². The van der Waals surface area contributed by atoms with E-state index in [1.165, 1.54) is 30.3 Å². The highest BCUT2D eigenvalue weighted by Gasteiger charge is 2.43. The Balaban J connectivity index is 1.64. The van der Waals surface area contributed by atoms with Gasteiger partial charge in [0.2, 0.25) is 5.91 Å². The van der Waals surface area contributed by atoms with Gasteiger partial charge in [-0.3, -0.25) is 4.79 Å². The Morgan fingerprint density at radius 3 is 2.39 bits per heavy atom. The third-order valence-corrected chi connectivity index (χ3v) is 5.13. The number of benzene rings is 2. The molecule has 4 nitrogen and oxygen atoms in total. The summed E-state index contributed by atoms with van der Waals surface area (Å²) in [5.41, 5.74) is 1.02. The molecule has 4 rings (SSSR count). The number of aromatic nitrogens is 1. The quantitative estimate of drug-likeness (QED) is 0.333. The Bertz CT molecular complexity index is 1280. The minimum atomic E-state index is -4.79. The third-order valence-electron chi connectivity index (χ3n) is 5.13. The normalized spacial score (nSPS) is 12.8. The van der Waals surface area contributed by atoms with Gasteiger partial charge in [-0.1, -0.05) is 0 Å². The van der Waals surface area contributed by atoms with Crippen molar-refractivity contribution in [2.45, 2.75) is 25.1 Å². The molecule has 0 saturated carbocycles.